The molecule has 1 fully saturated rings. The number of aliphatic hydroxyl groups is 1. The number of carbonyl (C=O) groups is 2. The number of aliphatic hydroxyl groups excluding tert-OH is 1. The molecule has 0 heterocycles. The summed E-state index contributed by atoms with van der Waals surface area (Å²) in [6.45, 7) is 3.99. The molecule has 1 unspecified atom stereocenters. The third-order valence-corrected chi connectivity index (χ3v) is 3.87. The number of urea groups is 1. The van der Waals surface area contributed by atoms with Crippen molar-refractivity contribution in [3.8, 4) is 0 Å². The van der Waals surface area contributed by atoms with Crippen LogP contribution in [0.25, 0.3) is 0 Å². The maximum Gasteiger partial charge on any atom is 0.312 e. The molecule has 1 atom stereocenters. The highest BCUT2D eigenvalue weighted by atomic mass is 16.3. The van der Waals surface area contributed by atoms with Crippen molar-refractivity contribution in [2.75, 3.05) is 13.2 Å². The van der Waals surface area contributed by atoms with Gasteiger partial charge in [-0.1, -0.05) is 33.1 Å². The van der Waals surface area contributed by atoms with Gasteiger partial charge in [0.1, 0.15) is 6.04 Å². The summed E-state index contributed by atoms with van der Waals surface area (Å²) in [4.78, 5) is 25.4. The summed E-state index contributed by atoms with van der Waals surface area (Å²) in [5, 5.41) is 11.7. The van der Waals surface area contributed by atoms with E-state index in [1.165, 1.54) is 6.42 Å². The minimum absolute atomic E-state index is 0.0419. The molecule has 1 rings (SSSR count). The first-order chi connectivity index (χ1) is 9.47. The molecule has 6 nitrogen and oxygen atoms in total. The summed E-state index contributed by atoms with van der Waals surface area (Å²) < 4.78 is 0. The molecule has 1 aliphatic carbocycles. The van der Waals surface area contributed by atoms with Crippen LogP contribution in [0.5, 0.6) is 0 Å². The van der Waals surface area contributed by atoms with Crippen molar-refractivity contribution in [1.82, 2.24) is 10.2 Å². The van der Waals surface area contributed by atoms with Crippen LogP contribution in [0, 0.1) is 5.92 Å². The van der Waals surface area contributed by atoms with Crippen LogP contribution in [0.1, 0.15) is 46.0 Å². The molecule has 116 valence electrons. The number of rotatable bonds is 6. The van der Waals surface area contributed by atoms with Crippen LogP contribution in [0.4, 0.5) is 4.79 Å². The minimum atomic E-state index is -0.690. The van der Waals surface area contributed by atoms with Crippen LogP contribution >= 0.6 is 0 Å². The maximum absolute atomic E-state index is 12.7. The van der Waals surface area contributed by atoms with Crippen LogP contribution < -0.4 is 11.1 Å². The highest BCUT2D eigenvalue weighted by molar-refractivity contribution is 5.87. The molecule has 0 aromatic rings. The molecule has 0 aliphatic heterocycles. The number of carbonyl (C=O) groups excluding carboxylic acids is 2. The summed E-state index contributed by atoms with van der Waals surface area (Å²) in [7, 11) is 0. The molecule has 1 aliphatic rings. The lowest BCUT2D eigenvalue weighted by Gasteiger charge is -2.37. The van der Waals surface area contributed by atoms with Gasteiger partial charge in [0, 0.05) is 12.6 Å². The normalized spacial score (nSPS) is 17.8. The van der Waals surface area contributed by atoms with Gasteiger partial charge >= 0.3 is 6.03 Å². The fraction of sp³-hybridized carbons (Fsp3) is 0.857. The molecule has 0 saturated heterocycles. The molecule has 4 N–H and O–H groups in total. The Labute approximate surface area is 120 Å². The zero-order valence-corrected chi connectivity index (χ0v) is 12.5. The highest BCUT2D eigenvalue weighted by Crippen LogP contribution is 2.23. The van der Waals surface area contributed by atoms with Crippen molar-refractivity contribution in [3.63, 3.8) is 0 Å². The second kappa shape index (κ2) is 8.09. The van der Waals surface area contributed by atoms with Gasteiger partial charge in [-0.3, -0.25) is 4.79 Å². The molecule has 0 bridgehead atoms. The lowest BCUT2D eigenvalue weighted by Crippen LogP contribution is -2.55. The van der Waals surface area contributed by atoms with Gasteiger partial charge in [-0.2, -0.15) is 0 Å². The monoisotopic (exact) mass is 285 g/mol. The van der Waals surface area contributed by atoms with Gasteiger partial charge in [-0.15, -0.1) is 0 Å². The van der Waals surface area contributed by atoms with E-state index in [1.54, 1.807) is 4.90 Å². The van der Waals surface area contributed by atoms with E-state index in [-0.39, 0.29) is 24.5 Å². The summed E-state index contributed by atoms with van der Waals surface area (Å²) in [5.41, 5.74) is 5.15. The predicted octanol–water partition coefficient (Wildman–Crippen LogP) is 0.833. The molecular formula is C14H27N3O3. The van der Waals surface area contributed by atoms with Gasteiger partial charge in [0.15, 0.2) is 0 Å². The number of hydrogen-bond donors (Lipinski definition) is 3. The molecule has 6 heteroatoms. The molecule has 20 heavy (non-hydrogen) atoms. The molecule has 3 amide bonds. The van der Waals surface area contributed by atoms with Crippen LogP contribution in [-0.4, -0.2) is 47.2 Å². The summed E-state index contributed by atoms with van der Waals surface area (Å²) in [6, 6.07) is -1.15. The van der Waals surface area contributed by atoms with Crippen LogP contribution in [0.15, 0.2) is 0 Å². The number of nitrogens with zero attached hydrogens (tertiary/aromatic N) is 1. The maximum atomic E-state index is 12.7. The van der Waals surface area contributed by atoms with E-state index in [2.05, 4.69) is 5.32 Å². The summed E-state index contributed by atoms with van der Waals surface area (Å²) in [6.07, 6.45) is 5.34. The Kier molecular flexibility index (Phi) is 6.78. The minimum Gasteiger partial charge on any atom is -0.395 e. The van der Waals surface area contributed by atoms with Gasteiger partial charge in [0.2, 0.25) is 5.91 Å². The van der Waals surface area contributed by atoms with Crippen LogP contribution in [-0.2, 0) is 4.79 Å². The molecule has 0 radical (unpaired) electrons. The Morgan fingerprint density at radius 1 is 1.30 bits per heavy atom. The fourth-order valence-corrected chi connectivity index (χ4v) is 2.82. The SMILES string of the molecule is CC(C)C(NC(N)=O)C(=O)N(CCO)C1CCCCC1. The number of hydrogen-bond acceptors (Lipinski definition) is 3. The van der Waals surface area contributed by atoms with E-state index in [1.807, 2.05) is 13.8 Å². The zero-order valence-electron chi connectivity index (χ0n) is 12.5. The zero-order chi connectivity index (χ0) is 15.1. The lowest BCUT2D eigenvalue weighted by atomic mass is 9.92. The van der Waals surface area contributed by atoms with Gasteiger partial charge in [-0.25, -0.2) is 4.79 Å². The average Bonchev–Trinajstić information content (AvgIpc) is 2.42. The van der Waals surface area contributed by atoms with E-state index in [9.17, 15) is 14.7 Å². The first kappa shape index (κ1) is 16.8. The first-order valence-electron chi connectivity index (χ1n) is 7.44. The predicted molar refractivity (Wildman–Crippen MR) is 77.0 cm³/mol. The smallest absolute Gasteiger partial charge is 0.312 e. The highest BCUT2D eigenvalue weighted by Gasteiger charge is 2.32. The third kappa shape index (κ3) is 4.67. The Balaban J connectivity index is 2.81. The summed E-state index contributed by atoms with van der Waals surface area (Å²) in [5.74, 6) is -0.181. The largest absolute Gasteiger partial charge is 0.395 e. The van der Waals surface area contributed by atoms with Crippen LogP contribution in [0.3, 0.4) is 0 Å². The molecule has 0 spiro atoms. The first-order valence-corrected chi connectivity index (χ1v) is 7.44. The van der Waals surface area contributed by atoms with Crippen molar-refractivity contribution in [1.29, 1.82) is 0 Å². The quantitative estimate of drug-likeness (QED) is 0.674. The Hall–Kier alpha value is -1.30. The van der Waals surface area contributed by atoms with Crippen molar-refractivity contribution < 1.29 is 14.7 Å². The number of nitrogens with one attached hydrogen (secondary N) is 1. The number of primary amides is 1. The number of nitrogens with two attached hydrogens (primary N) is 1. The van der Waals surface area contributed by atoms with Crippen LogP contribution in [0.2, 0.25) is 0 Å². The number of amides is 3. The van der Waals surface area contributed by atoms with E-state index in [4.69, 9.17) is 5.73 Å². The van der Waals surface area contributed by atoms with Gasteiger partial charge in [0.05, 0.1) is 6.61 Å². The molecule has 1 saturated carbocycles. The molecule has 0 aromatic carbocycles. The third-order valence-electron chi connectivity index (χ3n) is 3.87. The fourth-order valence-electron chi connectivity index (χ4n) is 2.82. The van der Waals surface area contributed by atoms with Crippen molar-refractivity contribution in [2.45, 2.75) is 58.0 Å². The van der Waals surface area contributed by atoms with E-state index in [0.29, 0.717) is 6.54 Å². The topological polar surface area (TPSA) is 95.7 Å². The van der Waals surface area contributed by atoms with Gasteiger partial charge < -0.3 is 21.1 Å². The Bertz CT molecular complexity index is 328. The second-order valence-electron chi connectivity index (χ2n) is 5.78. The van der Waals surface area contributed by atoms with E-state index in [0.717, 1.165) is 25.7 Å². The van der Waals surface area contributed by atoms with E-state index >= 15 is 0 Å². The van der Waals surface area contributed by atoms with Gasteiger partial charge in [0.25, 0.3) is 0 Å². The summed E-state index contributed by atoms with van der Waals surface area (Å²) >= 11 is 0. The second-order valence-corrected chi connectivity index (χ2v) is 5.78. The van der Waals surface area contributed by atoms with Crippen molar-refractivity contribution in [3.05, 3.63) is 0 Å². The lowest BCUT2D eigenvalue weighted by molar-refractivity contribution is -0.138. The standard InChI is InChI=1S/C14H27N3O3/c1-10(2)12(16-14(15)20)13(19)17(8-9-18)11-6-4-3-5-7-11/h10-12,18H,3-9H2,1-2H3,(H3,15,16,20). The Morgan fingerprint density at radius 3 is 2.35 bits per heavy atom. The molecular weight excluding hydrogens is 258 g/mol. The molecule has 0 aromatic heterocycles. The Morgan fingerprint density at radius 2 is 1.90 bits per heavy atom. The van der Waals surface area contributed by atoms with E-state index < -0.39 is 12.1 Å². The average molecular weight is 285 g/mol. The van der Waals surface area contributed by atoms with Crippen molar-refractivity contribution in [2.24, 2.45) is 11.7 Å². The van der Waals surface area contributed by atoms with Gasteiger partial charge in [-0.05, 0) is 18.8 Å². The van der Waals surface area contributed by atoms with Crippen molar-refractivity contribution >= 4 is 11.9 Å².